The first-order valence-electron chi connectivity index (χ1n) is 12.6. The van der Waals surface area contributed by atoms with E-state index in [1.54, 1.807) is 40.1 Å². The van der Waals surface area contributed by atoms with E-state index in [1.165, 1.54) is 6.07 Å². The Kier molecular flexibility index (Phi) is 5.55. The van der Waals surface area contributed by atoms with Crippen molar-refractivity contribution in [3.8, 4) is 5.75 Å². The molecule has 3 heterocycles. The zero-order chi connectivity index (χ0) is 25.7. The average molecular weight is 501 g/mol. The number of carbonyl (C=O) groups excluding carboxylic acids is 2. The summed E-state index contributed by atoms with van der Waals surface area (Å²) in [4.78, 5) is 32.0. The number of piperazine rings is 1. The minimum atomic E-state index is -0.887. The highest BCUT2D eigenvalue weighted by atomic mass is 19.1. The molecule has 190 valence electrons. The third-order valence-electron chi connectivity index (χ3n) is 7.54. The van der Waals surface area contributed by atoms with Crippen LogP contribution in [0.5, 0.6) is 5.75 Å². The number of benzene rings is 3. The summed E-state index contributed by atoms with van der Waals surface area (Å²) in [6.45, 7) is 6.01. The Morgan fingerprint density at radius 1 is 1.03 bits per heavy atom. The molecule has 6 rings (SSSR count). The van der Waals surface area contributed by atoms with Gasteiger partial charge in [0, 0.05) is 43.7 Å². The van der Waals surface area contributed by atoms with Gasteiger partial charge in [-0.3, -0.25) is 9.69 Å². The van der Waals surface area contributed by atoms with Crippen molar-refractivity contribution in [2.24, 2.45) is 0 Å². The number of aryl methyl sites for hydroxylation is 1. The van der Waals surface area contributed by atoms with Crippen LogP contribution >= 0.6 is 0 Å². The summed E-state index contributed by atoms with van der Waals surface area (Å²) in [5.41, 5.74) is 2.88. The number of rotatable bonds is 3. The second-order valence-electron chi connectivity index (χ2n) is 10.1. The van der Waals surface area contributed by atoms with Crippen LogP contribution in [0.1, 0.15) is 40.9 Å². The molecule has 0 aliphatic carbocycles. The highest BCUT2D eigenvalue weighted by Gasteiger charge is 2.50. The summed E-state index contributed by atoms with van der Waals surface area (Å²) in [5, 5.41) is 3.12. The van der Waals surface area contributed by atoms with Crippen LogP contribution in [0.15, 0.2) is 66.7 Å². The third kappa shape index (κ3) is 4.06. The molecule has 0 aromatic heterocycles. The van der Waals surface area contributed by atoms with Crippen LogP contribution in [0.2, 0.25) is 0 Å². The normalized spacial score (nSPS) is 22.7. The van der Waals surface area contributed by atoms with Gasteiger partial charge >= 0.3 is 6.03 Å². The van der Waals surface area contributed by atoms with Crippen LogP contribution in [-0.2, 0) is 0 Å². The van der Waals surface area contributed by atoms with E-state index in [-0.39, 0.29) is 23.8 Å². The first-order chi connectivity index (χ1) is 17.8. The second-order valence-corrected chi connectivity index (χ2v) is 10.1. The number of hydrogen-bond donors (Lipinski definition) is 1. The van der Waals surface area contributed by atoms with Crippen molar-refractivity contribution in [3.05, 3.63) is 89.2 Å². The predicted molar refractivity (Wildman–Crippen MR) is 140 cm³/mol. The number of fused-ring (bicyclic) bond motifs is 4. The molecule has 3 aromatic carbocycles. The molecular formula is C29H29FN4O3. The summed E-state index contributed by atoms with van der Waals surface area (Å²) < 4.78 is 20.6. The lowest BCUT2D eigenvalue weighted by atomic mass is 9.89. The number of halogens is 1. The predicted octanol–water partition coefficient (Wildman–Crippen LogP) is 4.87. The highest BCUT2D eigenvalue weighted by Crippen LogP contribution is 2.45. The van der Waals surface area contributed by atoms with Gasteiger partial charge in [0.1, 0.15) is 11.6 Å². The Labute approximate surface area is 215 Å². The van der Waals surface area contributed by atoms with Gasteiger partial charge in [-0.1, -0.05) is 35.9 Å². The van der Waals surface area contributed by atoms with E-state index in [0.717, 1.165) is 16.9 Å². The van der Waals surface area contributed by atoms with E-state index in [9.17, 15) is 14.0 Å². The number of nitrogens with zero attached hydrogens (tertiary/aromatic N) is 3. The molecule has 2 fully saturated rings. The van der Waals surface area contributed by atoms with Crippen molar-refractivity contribution in [1.29, 1.82) is 0 Å². The largest absolute Gasteiger partial charge is 0.467 e. The number of hydrogen-bond acceptors (Lipinski definition) is 4. The van der Waals surface area contributed by atoms with Crippen LogP contribution in [0.4, 0.5) is 20.6 Å². The molecular weight excluding hydrogens is 471 g/mol. The summed E-state index contributed by atoms with van der Waals surface area (Å²) in [5.74, 6) is 0.392. The van der Waals surface area contributed by atoms with E-state index in [4.69, 9.17) is 4.74 Å². The maximum absolute atomic E-state index is 14.2. The van der Waals surface area contributed by atoms with E-state index in [2.05, 4.69) is 11.4 Å². The van der Waals surface area contributed by atoms with Gasteiger partial charge in [-0.2, -0.15) is 0 Å². The van der Waals surface area contributed by atoms with Crippen molar-refractivity contribution in [1.82, 2.24) is 10.2 Å². The first kappa shape index (κ1) is 23.3. The lowest BCUT2D eigenvalue weighted by molar-refractivity contribution is 0.0377. The Morgan fingerprint density at radius 2 is 1.81 bits per heavy atom. The molecule has 8 heteroatoms. The molecule has 3 aliphatic rings. The summed E-state index contributed by atoms with van der Waals surface area (Å²) in [6, 6.07) is 19.5. The van der Waals surface area contributed by atoms with Crippen molar-refractivity contribution in [2.75, 3.05) is 36.0 Å². The minimum Gasteiger partial charge on any atom is -0.467 e. The molecule has 2 saturated heterocycles. The maximum atomic E-state index is 14.2. The monoisotopic (exact) mass is 500 g/mol. The number of urea groups is 1. The van der Waals surface area contributed by atoms with E-state index in [1.807, 2.05) is 43.0 Å². The fourth-order valence-electron chi connectivity index (χ4n) is 5.70. The quantitative estimate of drug-likeness (QED) is 0.558. The zero-order valence-corrected chi connectivity index (χ0v) is 20.9. The van der Waals surface area contributed by atoms with Gasteiger partial charge < -0.3 is 19.9 Å². The van der Waals surface area contributed by atoms with Gasteiger partial charge in [0.05, 0.1) is 17.4 Å². The van der Waals surface area contributed by atoms with Gasteiger partial charge in [-0.15, -0.1) is 0 Å². The average Bonchev–Trinajstić information content (AvgIpc) is 2.89. The molecule has 2 atom stereocenters. The molecule has 37 heavy (non-hydrogen) atoms. The number of para-hydroxylation sites is 1. The fraction of sp³-hybridized carbons (Fsp3) is 0.310. The van der Waals surface area contributed by atoms with E-state index >= 15 is 0 Å². The second kappa shape index (κ2) is 8.80. The number of amides is 3. The van der Waals surface area contributed by atoms with Crippen LogP contribution < -0.4 is 19.9 Å². The van der Waals surface area contributed by atoms with E-state index < -0.39 is 5.72 Å². The minimum absolute atomic E-state index is 0.110. The molecule has 1 N–H and O–H groups in total. The molecule has 3 aliphatic heterocycles. The summed E-state index contributed by atoms with van der Waals surface area (Å²) in [7, 11) is 0. The van der Waals surface area contributed by atoms with Crippen LogP contribution in [0.25, 0.3) is 0 Å². The Morgan fingerprint density at radius 3 is 2.59 bits per heavy atom. The lowest BCUT2D eigenvalue weighted by Crippen LogP contribution is -2.65. The van der Waals surface area contributed by atoms with Gasteiger partial charge in [0.25, 0.3) is 5.91 Å². The van der Waals surface area contributed by atoms with Gasteiger partial charge in [-0.05, 0) is 50.2 Å². The molecule has 0 saturated carbocycles. The summed E-state index contributed by atoms with van der Waals surface area (Å²) >= 11 is 0. The Hall–Kier alpha value is -4.07. The van der Waals surface area contributed by atoms with Crippen molar-refractivity contribution < 1.29 is 18.7 Å². The van der Waals surface area contributed by atoms with Gasteiger partial charge in [0.15, 0.2) is 5.72 Å². The molecule has 7 nitrogen and oxygen atoms in total. The molecule has 3 amide bonds. The van der Waals surface area contributed by atoms with Crippen LogP contribution in [0, 0.1) is 12.7 Å². The fourth-order valence-corrected chi connectivity index (χ4v) is 5.70. The first-order valence-corrected chi connectivity index (χ1v) is 12.6. The summed E-state index contributed by atoms with van der Waals surface area (Å²) in [6.07, 6.45) is 0.589. The number of nitrogens with one attached hydrogen (secondary N) is 1. The molecule has 3 aromatic rings. The van der Waals surface area contributed by atoms with Crippen molar-refractivity contribution in [3.63, 3.8) is 0 Å². The molecule has 2 bridgehead atoms. The number of carbonyl (C=O) groups is 2. The van der Waals surface area contributed by atoms with Gasteiger partial charge in [0.2, 0.25) is 0 Å². The lowest BCUT2D eigenvalue weighted by Gasteiger charge is -2.50. The third-order valence-corrected chi connectivity index (χ3v) is 7.54. The topological polar surface area (TPSA) is 65.1 Å². The van der Waals surface area contributed by atoms with E-state index in [0.29, 0.717) is 49.5 Å². The van der Waals surface area contributed by atoms with Crippen LogP contribution in [-0.4, -0.2) is 48.7 Å². The molecule has 0 radical (unpaired) electrons. The number of anilines is 2. The van der Waals surface area contributed by atoms with Crippen LogP contribution in [0.3, 0.4) is 0 Å². The number of ether oxygens (including phenoxy) is 1. The molecule has 0 spiro atoms. The smallest absolute Gasteiger partial charge is 0.325 e. The highest BCUT2D eigenvalue weighted by molar-refractivity contribution is 5.99. The zero-order valence-electron chi connectivity index (χ0n) is 20.9. The maximum Gasteiger partial charge on any atom is 0.325 e. The Balaban J connectivity index is 1.21. The Bertz CT molecular complexity index is 1390. The van der Waals surface area contributed by atoms with Crippen molar-refractivity contribution >= 4 is 23.3 Å². The van der Waals surface area contributed by atoms with Crippen molar-refractivity contribution in [2.45, 2.75) is 32.0 Å². The molecule has 2 unspecified atom stereocenters. The SMILES string of the molecule is Cc1ccc2c(c1)C1CC(C)(O2)N(c2cccc(C(=O)N3CCN(c4ccccc4F)CC3)c2)C(=O)N1. The standard InChI is InChI=1S/C29H29FN4O3/c1-19-10-11-26-22(16-19)24-18-29(2,37-26)34(28(36)31-24)21-7-5-6-20(17-21)27(35)33-14-12-32(13-15-33)25-9-4-3-8-23(25)30/h3-11,16-17,24H,12-15,18H2,1-2H3,(H,31,36). The van der Waals surface area contributed by atoms with Gasteiger partial charge in [-0.25, -0.2) is 9.18 Å².